The summed E-state index contributed by atoms with van der Waals surface area (Å²) in [6.45, 7) is -0.710. The number of halogens is 1. The fraction of sp³-hybridized carbons (Fsp3) is 0.368. The largest absolute Gasteiger partial charge is 0.480 e. The first-order valence-electron chi connectivity index (χ1n) is 9.01. The molecule has 1 atom stereocenters. The highest BCUT2D eigenvalue weighted by Crippen LogP contribution is 2.25. The van der Waals surface area contributed by atoms with Crippen LogP contribution in [0.15, 0.2) is 29.6 Å². The van der Waals surface area contributed by atoms with Gasteiger partial charge >= 0.3 is 5.97 Å². The van der Waals surface area contributed by atoms with Crippen molar-refractivity contribution in [2.24, 2.45) is 0 Å². The molecule has 0 radical (unpaired) electrons. The molecule has 2 rings (SSSR count). The summed E-state index contributed by atoms with van der Waals surface area (Å²) in [6.07, 6.45) is 3.05. The van der Waals surface area contributed by atoms with Crippen LogP contribution < -0.4 is 10.6 Å². The van der Waals surface area contributed by atoms with Gasteiger partial charge in [0, 0.05) is 28.9 Å². The number of aliphatic carboxylic acids is 1. The number of carbonyl (C=O) groups excluding carboxylic acids is 2. The summed E-state index contributed by atoms with van der Waals surface area (Å²) in [5.41, 5.74) is 1.49. The topological polar surface area (TPSA) is 129 Å². The lowest BCUT2D eigenvalue weighted by atomic mass is 10.2. The minimum Gasteiger partial charge on any atom is -0.480 e. The highest BCUT2D eigenvalue weighted by Gasteiger charge is 2.21. The number of carboxylic acids is 1. The zero-order valence-corrected chi connectivity index (χ0v) is 17.1. The highest BCUT2D eigenvalue weighted by atomic mass is 35.5. The molecule has 2 aromatic rings. The molecule has 1 aromatic heterocycles. The summed E-state index contributed by atoms with van der Waals surface area (Å²) in [7, 11) is 0. The Morgan fingerprint density at radius 3 is 2.48 bits per heavy atom. The minimum absolute atomic E-state index is 0.0580. The summed E-state index contributed by atoms with van der Waals surface area (Å²) in [5.74, 6) is -1.46. The zero-order valence-electron chi connectivity index (χ0n) is 15.6. The second-order valence-electron chi connectivity index (χ2n) is 6.21. The lowest BCUT2D eigenvalue weighted by Crippen LogP contribution is -2.43. The third-order valence-electron chi connectivity index (χ3n) is 3.98. The number of amides is 2. The van der Waals surface area contributed by atoms with E-state index in [0.29, 0.717) is 23.0 Å². The standard InChI is InChI=1S/C19H22ClN3O5S/c20-9-3-1-2-4-16(25)21-13-7-5-12(6-8-13)18-23-15(11-29-18)17(26)22-14(10-24)19(27)28/h5-8,11,14,24H,1-4,9-10H2,(H,21,25)(H,22,26)(H,27,28)/t14-/m0/s1. The van der Waals surface area contributed by atoms with Gasteiger partial charge in [0.25, 0.3) is 5.91 Å². The molecule has 0 fully saturated rings. The second kappa shape index (κ2) is 11.5. The van der Waals surface area contributed by atoms with Crippen molar-refractivity contribution in [2.75, 3.05) is 17.8 Å². The van der Waals surface area contributed by atoms with Gasteiger partial charge in [0.15, 0.2) is 6.04 Å². The van der Waals surface area contributed by atoms with Gasteiger partial charge in [-0.15, -0.1) is 22.9 Å². The van der Waals surface area contributed by atoms with Crippen LogP contribution in [0, 0.1) is 0 Å². The number of hydrogen-bond donors (Lipinski definition) is 4. The first kappa shape index (κ1) is 22.8. The number of aliphatic hydroxyl groups excluding tert-OH is 1. The molecule has 1 aromatic carbocycles. The van der Waals surface area contributed by atoms with E-state index in [1.165, 1.54) is 16.7 Å². The van der Waals surface area contributed by atoms with Crippen molar-refractivity contribution in [2.45, 2.75) is 31.7 Å². The summed E-state index contributed by atoms with van der Waals surface area (Å²) in [6, 6.07) is 5.67. The Kier molecular flexibility index (Phi) is 9.04. The van der Waals surface area contributed by atoms with Crippen LogP contribution in [0.1, 0.15) is 36.2 Å². The van der Waals surface area contributed by atoms with E-state index in [9.17, 15) is 14.4 Å². The molecule has 156 valence electrons. The van der Waals surface area contributed by atoms with Crippen molar-refractivity contribution in [1.82, 2.24) is 10.3 Å². The second-order valence-corrected chi connectivity index (χ2v) is 7.45. The third-order valence-corrected chi connectivity index (χ3v) is 5.13. The van der Waals surface area contributed by atoms with Crippen molar-refractivity contribution in [1.29, 1.82) is 0 Å². The molecule has 0 saturated heterocycles. The maximum atomic E-state index is 12.1. The number of unbranched alkanes of at least 4 members (excludes halogenated alkanes) is 2. The number of nitrogens with one attached hydrogen (secondary N) is 2. The van der Waals surface area contributed by atoms with E-state index in [0.717, 1.165) is 24.8 Å². The summed E-state index contributed by atoms with van der Waals surface area (Å²) >= 11 is 6.84. The monoisotopic (exact) mass is 439 g/mol. The molecule has 0 saturated carbocycles. The van der Waals surface area contributed by atoms with E-state index in [4.69, 9.17) is 21.8 Å². The fourth-order valence-electron chi connectivity index (χ4n) is 2.40. The summed E-state index contributed by atoms with van der Waals surface area (Å²) in [4.78, 5) is 39.1. The van der Waals surface area contributed by atoms with Crippen LogP contribution in [0.3, 0.4) is 0 Å². The Bertz CT molecular complexity index is 841. The quantitative estimate of drug-likeness (QED) is 0.315. The Balaban J connectivity index is 1.94. The van der Waals surface area contributed by atoms with Gasteiger partial charge in [-0.3, -0.25) is 9.59 Å². The van der Waals surface area contributed by atoms with Gasteiger partial charge in [-0.1, -0.05) is 6.42 Å². The number of nitrogens with zero attached hydrogens (tertiary/aromatic N) is 1. The number of aromatic nitrogens is 1. The number of rotatable bonds is 11. The van der Waals surface area contributed by atoms with Crippen LogP contribution in [0.4, 0.5) is 5.69 Å². The number of benzene rings is 1. The van der Waals surface area contributed by atoms with E-state index >= 15 is 0 Å². The molecule has 0 aliphatic rings. The molecule has 1 heterocycles. The predicted octanol–water partition coefficient (Wildman–Crippen LogP) is 2.72. The summed E-state index contributed by atoms with van der Waals surface area (Å²) in [5, 5.41) is 25.0. The molecule has 0 unspecified atom stereocenters. The molecule has 0 spiro atoms. The molecule has 10 heteroatoms. The maximum Gasteiger partial charge on any atom is 0.328 e. The number of hydrogen-bond acceptors (Lipinski definition) is 6. The average Bonchev–Trinajstić information content (AvgIpc) is 3.20. The van der Waals surface area contributed by atoms with Gasteiger partial charge < -0.3 is 20.8 Å². The lowest BCUT2D eigenvalue weighted by Gasteiger charge is -2.09. The van der Waals surface area contributed by atoms with Crippen molar-refractivity contribution in [3.8, 4) is 10.6 Å². The van der Waals surface area contributed by atoms with Gasteiger partial charge in [0.2, 0.25) is 5.91 Å². The van der Waals surface area contributed by atoms with Crippen LogP contribution in [0.5, 0.6) is 0 Å². The molecule has 0 aliphatic carbocycles. The van der Waals surface area contributed by atoms with E-state index in [1.807, 2.05) is 0 Å². The first-order valence-corrected chi connectivity index (χ1v) is 10.4. The van der Waals surface area contributed by atoms with E-state index in [1.54, 1.807) is 24.3 Å². The molecule has 2 amide bonds. The van der Waals surface area contributed by atoms with Crippen LogP contribution >= 0.6 is 22.9 Å². The molecule has 0 aliphatic heterocycles. The summed E-state index contributed by atoms with van der Waals surface area (Å²) < 4.78 is 0. The van der Waals surface area contributed by atoms with Crippen molar-refractivity contribution >= 4 is 46.4 Å². The van der Waals surface area contributed by atoms with Gasteiger partial charge in [-0.05, 0) is 37.1 Å². The Morgan fingerprint density at radius 1 is 1.14 bits per heavy atom. The number of anilines is 1. The van der Waals surface area contributed by atoms with Crippen molar-refractivity contribution in [3.63, 3.8) is 0 Å². The first-order chi connectivity index (χ1) is 13.9. The zero-order chi connectivity index (χ0) is 21.2. The Hall–Kier alpha value is -2.49. The van der Waals surface area contributed by atoms with Crippen molar-refractivity contribution < 1.29 is 24.6 Å². The van der Waals surface area contributed by atoms with Crippen LogP contribution in [-0.2, 0) is 9.59 Å². The minimum atomic E-state index is -1.38. The van der Waals surface area contributed by atoms with E-state index < -0.39 is 24.5 Å². The number of thiazole rings is 1. The van der Waals surface area contributed by atoms with Crippen molar-refractivity contribution in [3.05, 3.63) is 35.3 Å². The smallest absolute Gasteiger partial charge is 0.328 e. The van der Waals surface area contributed by atoms with E-state index in [-0.39, 0.29) is 11.6 Å². The Labute approximate surface area is 176 Å². The predicted molar refractivity (Wildman–Crippen MR) is 111 cm³/mol. The van der Waals surface area contributed by atoms with Crippen LogP contribution in [0.2, 0.25) is 0 Å². The number of carbonyl (C=O) groups is 3. The van der Waals surface area contributed by atoms with Crippen LogP contribution in [0.25, 0.3) is 10.6 Å². The molecule has 0 bridgehead atoms. The molecule has 29 heavy (non-hydrogen) atoms. The molecular weight excluding hydrogens is 418 g/mol. The average molecular weight is 440 g/mol. The van der Waals surface area contributed by atoms with Gasteiger partial charge in [-0.25, -0.2) is 9.78 Å². The van der Waals surface area contributed by atoms with Crippen LogP contribution in [-0.4, -0.2) is 51.5 Å². The third kappa shape index (κ3) is 7.12. The lowest BCUT2D eigenvalue weighted by molar-refractivity contribution is -0.140. The van der Waals surface area contributed by atoms with E-state index in [2.05, 4.69) is 15.6 Å². The number of carboxylic acid groups (broad SMARTS) is 1. The molecular formula is C19H22ClN3O5S. The van der Waals surface area contributed by atoms with Gasteiger partial charge in [0.05, 0.1) is 6.61 Å². The number of alkyl halides is 1. The van der Waals surface area contributed by atoms with Gasteiger partial charge in [-0.2, -0.15) is 0 Å². The number of aliphatic hydroxyl groups is 1. The normalized spacial score (nSPS) is 11.7. The van der Waals surface area contributed by atoms with Gasteiger partial charge in [0.1, 0.15) is 10.7 Å². The fourth-order valence-corrected chi connectivity index (χ4v) is 3.40. The SMILES string of the molecule is O=C(CCCCCCl)Nc1ccc(-c2nc(C(=O)N[C@@H](CO)C(=O)O)cs2)cc1. The maximum absolute atomic E-state index is 12.1. The Morgan fingerprint density at radius 2 is 1.86 bits per heavy atom. The molecule has 8 nitrogen and oxygen atoms in total. The highest BCUT2D eigenvalue weighted by molar-refractivity contribution is 7.13. The molecule has 4 N–H and O–H groups in total.